The fraction of sp³-hybridized carbons (Fsp3) is 0.318. The number of amides is 1. The SMILES string of the molecule is C[C@H](CCc1ccccc1)NC(=O)[C@@H](C)OC(=O)COc1ccc(C#N)cc1. The minimum atomic E-state index is -0.906. The van der Waals surface area contributed by atoms with Gasteiger partial charge < -0.3 is 14.8 Å². The molecule has 0 fully saturated rings. The number of nitrogens with zero attached hydrogens (tertiary/aromatic N) is 1. The molecule has 0 aromatic heterocycles. The second kappa shape index (κ2) is 10.7. The Balaban J connectivity index is 1.69. The molecule has 0 saturated heterocycles. The zero-order chi connectivity index (χ0) is 20.4. The van der Waals surface area contributed by atoms with E-state index in [-0.39, 0.29) is 18.6 Å². The minimum Gasteiger partial charge on any atom is -0.482 e. The number of hydrogen-bond acceptors (Lipinski definition) is 5. The van der Waals surface area contributed by atoms with Crippen molar-refractivity contribution in [1.29, 1.82) is 5.26 Å². The molecule has 2 aromatic carbocycles. The van der Waals surface area contributed by atoms with Gasteiger partial charge in [0.2, 0.25) is 0 Å². The lowest BCUT2D eigenvalue weighted by Gasteiger charge is -2.18. The van der Waals surface area contributed by atoms with Crippen molar-refractivity contribution in [3.63, 3.8) is 0 Å². The molecule has 0 spiro atoms. The van der Waals surface area contributed by atoms with Crippen LogP contribution in [0.5, 0.6) is 5.75 Å². The summed E-state index contributed by atoms with van der Waals surface area (Å²) < 4.78 is 10.4. The number of ether oxygens (including phenoxy) is 2. The summed E-state index contributed by atoms with van der Waals surface area (Å²) in [7, 11) is 0. The molecule has 0 aliphatic heterocycles. The molecular weight excluding hydrogens is 356 g/mol. The lowest BCUT2D eigenvalue weighted by molar-refractivity contribution is -0.156. The van der Waals surface area contributed by atoms with Crippen LogP contribution in [0.4, 0.5) is 0 Å². The van der Waals surface area contributed by atoms with E-state index in [1.165, 1.54) is 12.5 Å². The van der Waals surface area contributed by atoms with Crippen molar-refractivity contribution in [1.82, 2.24) is 5.32 Å². The highest BCUT2D eigenvalue weighted by Crippen LogP contribution is 2.11. The maximum absolute atomic E-state index is 12.2. The van der Waals surface area contributed by atoms with Crippen LogP contribution in [-0.4, -0.2) is 30.6 Å². The van der Waals surface area contributed by atoms with Gasteiger partial charge >= 0.3 is 5.97 Å². The molecule has 0 heterocycles. The van der Waals surface area contributed by atoms with Crippen molar-refractivity contribution in [2.45, 2.75) is 38.8 Å². The van der Waals surface area contributed by atoms with E-state index in [9.17, 15) is 9.59 Å². The van der Waals surface area contributed by atoms with E-state index in [1.54, 1.807) is 24.3 Å². The summed E-state index contributed by atoms with van der Waals surface area (Å²) in [6.45, 7) is 3.13. The third kappa shape index (κ3) is 7.12. The quantitative estimate of drug-likeness (QED) is 0.676. The summed E-state index contributed by atoms with van der Waals surface area (Å²) >= 11 is 0. The number of esters is 1. The standard InChI is InChI=1S/C22H24N2O4/c1-16(8-9-18-6-4-3-5-7-18)24-22(26)17(2)28-21(25)15-27-20-12-10-19(14-23)11-13-20/h3-7,10-13,16-17H,8-9,15H2,1-2H3,(H,24,26)/t16-,17-/m1/s1. The van der Waals surface area contributed by atoms with Crippen LogP contribution in [0.2, 0.25) is 0 Å². The van der Waals surface area contributed by atoms with Crippen molar-refractivity contribution < 1.29 is 19.1 Å². The topological polar surface area (TPSA) is 88.4 Å². The average molecular weight is 380 g/mol. The molecule has 2 rings (SSSR count). The van der Waals surface area contributed by atoms with Crippen LogP contribution < -0.4 is 10.1 Å². The molecule has 0 radical (unpaired) electrons. The second-order valence-electron chi connectivity index (χ2n) is 6.49. The van der Waals surface area contributed by atoms with Gasteiger partial charge in [0.05, 0.1) is 11.6 Å². The first-order valence-electron chi connectivity index (χ1n) is 9.14. The lowest BCUT2D eigenvalue weighted by Crippen LogP contribution is -2.41. The van der Waals surface area contributed by atoms with Gasteiger partial charge in [0.25, 0.3) is 5.91 Å². The monoisotopic (exact) mass is 380 g/mol. The van der Waals surface area contributed by atoms with Gasteiger partial charge in [0, 0.05) is 6.04 Å². The number of nitriles is 1. The number of nitrogens with one attached hydrogen (secondary N) is 1. The first-order valence-corrected chi connectivity index (χ1v) is 9.14. The molecule has 2 atom stereocenters. The molecule has 6 heteroatoms. The molecule has 1 amide bonds. The Bertz CT molecular complexity index is 813. The van der Waals surface area contributed by atoms with Gasteiger partial charge in [-0.25, -0.2) is 4.79 Å². The second-order valence-corrected chi connectivity index (χ2v) is 6.49. The van der Waals surface area contributed by atoms with Crippen molar-refractivity contribution in [2.24, 2.45) is 0 Å². The maximum atomic E-state index is 12.2. The highest BCUT2D eigenvalue weighted by molar-refractivity contribution is 5.83. The third-order valence-corrected chi connectivity index (χ3v) is 4.12. The number of aryl methyl sites for hydroxylation is 1. The summed E-state index contributed by atoms with van der Waals surface area (Å²) in [5.74, 6) is -0.529. The smallest absolute Gasteiger partial charge is 0.344 e. The van der Waals surface area contributed by atoms with Gasteiger partial charge in [0.15, 0.2) is 12.7 Å². The average Bonchev–Trinajstić information content (AvgIpc) is 2.71. The van der Waals surface area contributed by atoms with Gasteiger partial charge in [-0.15, -0.1) is 0 Å². The fourth-order valence-electron chi connectivity index (χ4n) is 2.51. The number of benzene rings is 2. The molecule has 0 aliphatic carbocycles. The van der Waals surface area contributed by atoms with Crippen molar-refractivity contribution in [2.75, 3.05) is 6.61 Å². The van der Waals surface area contributed by atoms with Gasteiger partial charge in [-0.05, 0) is 56.5 Å². The molecule has 0 saturated carbocycles. The summed E-state index contributed by atoms with van der Waals surface area (Å²) in [5.41, 5.74) is 1.71. The maximum Gasteiger partial charge on any atom is 0.344 e. The Morgan fingerprint density at radius 2 is 1.75 bits per heavy atom. The first kappa shape index (κ1) is 21.0. The Hall–Kier alpha value is -3.33. The minimum absolute atomic E-state index is 0.0382. The van der Waals surface area contributed by atoms with E-state index in [0.717, 1.165) is 12.8 Å². The van der Waals surface area contributed by atoms with E-state index >= 15 is 0 Å². The van der Waals surface area contributed by atoms with E-state index in [4.69, 9.17) is 14.7 Å². The summed E-state index contributed by atoms with van der Waals surface area (Å²) in [5, 5.41) is 11.6. The molecule has 28 heavy (non-hydrogen) atoms. The van der Waals surface area contributed by atoms with Crippen molar-refractivity contribution in [3.05, 3.63) is 65.7 Å². The Morgan fingerprint density at radius 3 is 2.39 bits per heavy atom. The summed E-state index contributed by atoms with van der Waals surface area (Å²) in [4.78, 5) is 24.1. The predicted octanol–water partition coefficient (Wildman–Crippen LogP) is 3.01. The van der Waals surface area contributed by atoms with Crippen LogP contribution in [0.25, 0.3) is 0 Å². The molecular formula is C22H24N2O4. The van der Waals surface area contributed by atoms with E-state index in [0.29, 0.717) is 11.3 Å². The number of hydrogen-bond donors (Lipinski definition) is 1. The van der Waals surface area contributed by atoms with Gasteiger partial charge in [-0.1, -0.05) is 30.3 Å². The molecule has 0 aliphatic rings. The largest absolute Gasteiger partial charge is 0.482 e. The molecule has 6 nitrogen and oxygen atoms in total. The fourth-order valence-corrected chi connectivity index (χ4v) is 2.51. The van der Waals surface area contributed by atoms with Crippen LogP contribution in [0.3, 0.4) is 0 Å². The molecule has 1 N–H and O–H groups in total. The zero-order valence-corrected chi connectivity index (χ0v) is 16.1. The number of carbonyl (C=O) groups excluding carboxylic acids is 2. The van der Waals surface area contributed by atoms with Crippen LogP contribution in [-0.2, 0) is 20.7 Å². The molecule has 2 aromatic rings. The number of rotatable bonds is 9. The van der Waals surface area contributed by atoms with Gasteiger partial charge in [0.1, 0.15) is 5.75 Å². The predicted molar refractivity (Wildman–Crippen MR) is 105 cm³/mol. The van der Waals surface area contributed by atoms with Gasteiger partial charge in [-0.2, -0.15) is 5.26 Å². The van der Waals surface area contributed by atoms with Crippen LogP contribution in [0.15, 0.2) is 54.6 Å². The normalized spacial score (nSPS) is 12.3. The highest BCUT2D eigenvalue weighted by Gasteiger charge is 2.19. The lowest BCUT2D eigenvalue weighted by atomic mass is 10.1. The number of carbonyl (C=O) groups is 2. The zero-order valence-electron chi connectivity index (χ0n) is 16.1. The highest BCUT2D eigenvalue weighted by atomic mass is 16.6. The van der Waals surface area contributed by atoms with Crippen LogP contribution in [0.1, 0.15) is 31.4 Å². The Labute approximate surface area is 165 Å². The van der Waals surface area contributed by atoms with Crippen molar-refractivity contribution >= 4 is 11.9 Å². The third-order valence-electron chi connectivity index (χ3n) is 4.12. The van der Waals surface area contributed by atoms with Gasteiger partial charge in [-0.3, -0.25) is 4.79 Å². The van der Waals surface area contributed by atoms with Crippen LogP contribution >= 0.6 is 0 Å². The molecule has 0 bridgehead atoms. The Kier molecular flexibility index (Phi) is 8.04. The van der Waals surface area contributed by atoms with Crippen molar-refractivity contribution in [3.8, 4) is 11.8 Å². The van der Waals surface area contributed by atoms with E-state index < -0.39 is 12.1 Å². The van der Waals surface area contributed by atoms with E-state index in [2.05, 4.69) is 5.32 Å². The summed E-state index contributed by atoms with van der Waals surface area (Å²) in [6, 6.07) is 18.4. The summed E-state index contributed by atoms with van der Waals surface area (Å²) in [6.07, 6.45) is 0.740. The Morgan fingerprint density at radius 1 is 1.07 bits per heavy atom. The van der Waals surface area contributed by atoms with E-state index in [1.807, 2.05) is 43.3 Å². The molecule has 0 unspecified atom stereocenters. The van der Waals surface area contributed by atoms with Crippen LogP contribution in [0, 0.1) is 11.3 Å². The first-order chi connectivity index (χ1) is 13.5. The molecule has 146 valence electrons.